The fourth-order valence-electron chi connectivity index (χ4n) is 5.86. The van der Waals surface area contributed by atoms with E-state index in [4.69, 9.17) is 4.74 Å². The topological polar surface area (TPSA) is 91.0 Å². The zero-order valence-corrected chi connectivity index (χ0v) is 22.9. The summed E-state index contributed by atoms with van der Waals surface area (Å²) in [5.41, 5.74) is 1.65. The van der Waals surface area contributed by atoms with Crippen LogP contribution < -0.4 is 10.6 Å². The minimum atomic E-state index is -1.53. The number of hydrogen-bond acceptors (Lipinski definition) is 6. The monoisotopic (exact) mass is 554 g/mol. The van der Waals surface area contributed by atoms with Crippen LogP contribution in [0.25, 0.3) is 11.1 Å². The molecule has 3 aliphatic rings. The van der Waals surface area contributed by atoms with E-state index in [1.807, 2.05) is 36.4 Å². The Bertz CT molecular complexity index is 1270. The Hall–Kier alpha value is -3.37. The molecule has 10 heteroatoms. The van der Waals surface area contributed by atoms with E-state index in [2.05, 4.69) is 17.6 Å². The van der Waals surface area contributed by atoms with Gasteiger partial charge in [-0.2, -0.15) is 0 Å². The Morgan fingerprint density at radius 1 is 1.18 bits per heavy atom. The van der Waals surface area contributed by atoms with Gasteiger partial charge in [0.25, 0.3) is 0 Å². The SMILES string of the molecule is CCOC(=O)N1CCNCC1(C=O)N1CC(F)CC1C(=O)NCc1ccc(-c2ccc(C3(C)CC3)c(F)c2)cc1. The number of likely N-dealkylation sites (tertiary alicyclic amines) is 1. The van der Waals surface area contributed by atoms with Crippen LogP contribution in [0.2, 0.25) is 0 Å². The summed E-state index contributed by atoms with van der Waals surface area (Å²) in [7, 11) is 0. The lowest BCUT2D eigenvalue weighted by Crippen LogP contribution is -2.73. The Morgan fingerprint density at radius 2 is 1.90 bits per heavy atom. The minimum absolute atomic E-state index is 0.0439. The number of amides is 2. The summed E-state index contributed by atoms with van der Waals surface area (Å²) in [5.74, 6) is -0.616. The minimum Gasteiger partial charge on any atom is -0.450 e. The van der Waals surface area contributed by atoms with Crippen LogP contribution in [0.15, 0.2) is 42.5 Å². The largest absolute Gasteiger partial charge is 0.450 e. The van der Waals surface area contributed by atoms with Gasteiger partial charge >= 0.3 is 6.09 Å². The Morgan fingerprint density at radius 3 is 2.55 bits per heavy atom. The van der Waals surface area contributed by atoms with Gasteiger partial charge in [-0.1, -0.05) is 43.3 Å². The van der Waals surface area contributed by atoms with E-state index in [0.717, 1.165) is 35.1 Å². The summed E-state index contributed by atoms with van der Waals surface area (Å²) in [6.07, 6.45) is 0.530. The third-order valence-corrected chi connectivity index (χ3v) is 8.47. The summed E-state index contributed by atoms with van der Waals surface area (Å²) < 4.78 is 34.6. The highest BCUT2D eigenvalue weighted by Gasteiger charge is 2.54. The van der Waals surface area contributed by atoms with Crippen molar-refractivity contribution in [3.8, 4) is 11.1 Å². The molecule has 0 spiro atoms. The number of ether oxygens (including phenoxy) is 1. The van der Waals surface area contributed by atoms with Crippen molar-refractivity contribution in [3.63, 3.8) is 0 Å². The number of hydrogen-bond donors (Lipinski definition) is 2. The fraction of sp³-hybridized carbons (Fsp3) is 0.500. The van der Waals surface area contributed by atoms with E-state index < -0.39 is 29.9 Å². The van der Waals surface area contributed by atoms with Gasteiger partial charge in [-0.15, -0.1) is 0 Å². The van der Waals surface area contributed by atoms with E-state index >= 15 is 0 Å². The average Bonchev–Trinajstić information content (AvgIpc) is 3.58. The third-order valence-electron chi connectivity index (χ3n) is 8.47. The summed E-state index contributed by atoms with van der Waals surface area (Å²) in [6.45, 7) is 4.62. The highest BCUT2D eigenvalue weighted by Crippen LogP contribution is 2.48. The molecule has 0 bridgehead atoms. The molecule has 8 nitrogen and oxygen atoms in total. The van der Waals surface area contributed by atoms with E-state index in [0.29, 0.717) is 12.8 Å². The molecule has 2 amide bonds. The highest BCUT2D eigenvalue weighted by atomic mass is 19.1. The molecule has 1 aliphatic carbocycles. The zero-order chi connectivity index (χ0) is 28.5. The van der Waals surface area contributed by atoms with Gasteiger partial charge in [-0.05, 0) is 53.5 Å². The van der Waals surface area contributed by atoms with Crippen molar-refractivity contribution < 1.29 is 27.9 Å². The highest BCUT2D eigenvalue weighted by molar-refractivity contribution is 5.84. The first-order valence-corrected chi connectivity index (χ1v) is 13.9. The summed E-state index contributed by atoms with van der Waals surface area (Å²) in [6, 6.07) is 11.9. The molecular formula is C30H36F2N4O4. The third kappa shape index (κ3) is 5.34. The first kappa shape index (κ1) is 28.2. The molecule has 3 unspecified atom stereocenters. The van der Waals surface area contributed by atoms with Crippen LogP contribution >= 0.6 is 0 Å². The normalized spacial score (nSPS) is 25.9. The van der Waals surface area contributed by atoms with Crippen molar-refractivity contribution in [2.24, 2.45) is 0 Å². The van der Waals surface area contributed by atoms with E-state index in [1.54, 1.807) is 13.0 Å². The Labute approximate surface area is 233 Å². The number of nitrogens with one attached hydrogen (secondary N) is 2. The molecule has 0 radical (unpaired) electrons. The van der Waals surface area contributed by atoms with Gasteiger partial charge in [0.1, 0.15) is 12.0 Å². The van der Waals surface area contributed by atoms with E-state index in [-0.39, 0.29) is 50.4 Å². The van der Waals surface area contributed by atoms with Crippen molar-refractivity contribution in [1.82, 2.24) is 20.4 Å². The van der Waals surface area contributed by atoms with Crippen LogP contribution in [-0.4, -0.2) is 78.7 Å². The van der Waals surface area contributed by atoms with Crippen LogP contribution in [0.5, 0.6) is 0 Å². The Kier molecular flexibility index (Phi) is 7.92. The second-order valence-electron chi connectivity index (χ2n) is 11.2. The molecule has 0 aromatic heterocycles. The molecule has 5 rings (SSSR count). The molecule has 3 fully saturated rings. The first-order chi connectivity index (χ1) is 19.2. The average molecular weight is 555 g/mol. The molecule has 214 valence electrons. The predicted molar refractivity (Wildman–Crippen MR) is 146 cm³/mol. The van der Waals surface area contributed by atoms with Gasteiger partial charge in [0.15, 0.2) is 11.9 Å². The van der Waals surface area contributed by atoms with Gasteiger partial charge in [0, 0.05) is 39.1 Å². The number of carbonyl (C=O) groups is 3. The van der Waals surface area contributed by atoms with Gasteiger partial charge in [-0.3, -0.25) is 19.4 Å². The summed E-state index contributed by atoms with van der Waals surface area (Å²) in [5, 5.41) is 5.96. The molecule has 3 atom stereocenters. The molecule has 2 heterocycles. The summed E-state index contributed by atoms with van der Waals surface area (Å²) in [4.78, 5) is 41.2. The van der Waals surface area contributed by atoms with Crippen LogP contribution in [0.4, 0.5) is 13.6 Å². The second-order valence-corrected chi connectivity index (χ2v) is 11.2. The Balaban J connectivity index is 1.26. The number of rotatable bonds is 8. The van der Waals surface area contributed by atoms with Crippen molar-refractivity contribution in [1.29, 1.82) is 0 Å². The molecule has 40 heavy (non-hydrogen) atoms. The lowest BCUT2D eigenvalue weighted by Gasteiger charge is -2.49. The molecule has 2 aliphatic heterocycles. The second kappa shape index (κ2) is 11.2. The molecular weight excluding hydrogens is 518 g/mol. The maximum atomic E-state index is 14.7. The van der Waals surface area contributed by atoms with Crippen LogP contribution in [-0.2, 0) is 26.3 Å². The molecule has 2 aromatic carbocycles. The molecule has 2 aromatic rings. The number of nitrogens with zero attached hydrogens (tertiary/aromatic N) is 2. The number of piperazine rings is 1. The van der Waals surface area contributed by atoms with E-state index in [1.165, 1.54) is 9.80 Å². The standard InChI is InChI=1S/C30H36F2N4O4/c1-3-40-28(39)35-13-12-33-18-30(35,19-37)36-17-23(31)15-26(36)27(38)34-16-20-4-6-21(7-5-20)22-8-9-24(25(32)14-22)29(2)10-11-29/h4-9,14,19,23,26,33H,3,10-13,15-18H2,1-2H3,(H,34,38). The lowest BCUT2D eigenvalue weighted by atomic mass is 9.94. The van der Waals surface area contributed by atoms with Crippen LogP contribution in [0.3, 0.4) is 0 Å². The molecule has 2 N–H and O–H groups in total. The number of benzene rings is 2. The number of alkyl halides is 1. The maximum absolute atomic E-state index is 14.7. The number of halogens is 2. The van der Waals surface area contributed by atoms with E-state index in [9.17, 15) is 23.2 Å². The van der Waals surface area contributed by atoms with Gasteiger partial charge in [0.2, 0.25) is 5.91 Å². The van der Waals surface area contributed by atoms with Gasteiger partial charge < -0.3 is 15.4 Å². The van der Waals surface area contributed by atoms with Crippen LogP contribution in [0.1, 0.15) is 44.2 Å². The number of aldehydes is 1. The van der Waals surface area contributed by atoms with Crippen molar-refractivity contribution in [2.75, 3.05) is 32.8 Å². The van der Waals surface area contributed by atoms with Gasteiger partial charge in [-0.25, -0.2) is 13.6 Å². The molecule has 1 saturated carbocycles. The van der Waals surface area contributed by atoms with Gasteiger partial charge in [0.05, 0.1) is 12.6 Å². The maximum Gasteiger partial charge on any atom is 0.411 e. The fourth-order valence-corrected chi connectivity index (χ4v) is 5.86. The van der Waals surface area contributed by atoms with Crippen LogP contribution in [0, 0.1) is 5.82 Å². The summed E-state index contributed by atoms with van der Waals surface area (Å²) >= 11 is 0. The zero-order valence-electron chi connectivity index (χ0n) is 22.9. The van der Waals surface area contributed by atoms with Crippen molar-refractivity contribution >= 4 is 18.3 Å². The smallest absolute Gasteiger partial charge is 0.411 e. The van der Waals surface area contributed by atoms with Crippen molar-refractivity contribution in [2.45, 2.75) is 62.9 Å². The predicted octanol–water partition coefficient (Wildman–Crippen LogP) is 3.53. The lowest BCUT2D eigenvalue weighted by molar-refractivity contribution is -0.142. The molecule has 2 saturated heterocycles. The van der Waals surface area contributed by atoms with Crippen molar-refractivity contribution in [3.05, 3.63) is 59.4 Å². The number of carbonyl (C=O) groups excluding carboxylic acids is 3. The quantitative estimate of drug-likeness (QED) is 0.486. The first-order valence-electron chi connectivity index (χ1n) is 13.9.